The molecule has 1 aliphatic heterocycles. The van der Waals surface area contributed by atoms with Gasteiger partial charge in [-0.15, -0.1) is 0 Å². The maximum atomic E-state index is 12.5. The molecule has 1 N–H and O–H groups in total. The minimum atomic E-state index is -0.647. The maximum absolute atomic E-state index is 12.5. The van der Waals surface area contributed by atoms with Gasteiger partial charge in [-0.2, -0.15) is 0 Å². The summed E-state index contributed by atoms with van der Waals surface area (Å²) < 4.78 is 11.0. The van der Waals surface area contributed by atoms with E-state index in [1.807, 2.05) is 38.1 Å². The molecular formula is C27H25ClN2O5. The van der Waals surface area contributed by atoms with Crippen LogP contribution in [0.1, 0.15) is 17.5 Å². The van der Waals surface area contributed by atoms with Crippen molar-refractivity contribution in [2.75, 3.05) is 23.4 Å². The minimum absolute atomic E-state index is 0.0233. The monoisotopic (exact) mass is 492 g/mol. The van der Waals surface area contributed by atoms with Crippen molar-refractivity contribution in [2.45, 2.75) is 20.3 Å². The lowest BCUT2D eigenvalue weighted by Gasteiger charge is -2.17. The summed E-state index contributed by atoms with van der Waals surface area (Å²) in [6, 6.07) is 19.9. The Labute approximate surface area is 208 Å². The third-order valence-corrected chi connectivity index (χ3v) is 5.92. The number of hydrogen-bond donors (Lipinski definition) is 1. The van der Waals surface area contributed by atoms with Gasteiger partial charge < -0.3 is 19.7 Å². The summed E-state index contributed by atoms with van der Waals surface area (Å²) in [5.74, 6) is -0.531. The average Bonchev–Trinajstić information content (AvgIpc) is 3.23. The molecule has 0 spiro atoms. The molecule has 0 aliphatic carbocycles. The molecule has 4 rings (SSSR count). The largest absolute Gasteiger partial charge is 0.457 e. The zero-order valence-electron chi connectivity index (χ0n) is 19.4. The second kappa shape index (κ2) is 10.6. The third-order valence-electron chi connectivity index (χ3n) is 5.68. The van der Waals surface area contributed by atoms with Crippen LogP contribution in [0.25, 0.3) is 0 Å². The van der Waals surface area contributed by atoms with Crippen molar-refractivity contribution in [1.82, 2.24) is 0 Å². The van der Waals surface area contributed by atoms with Crippen LogP contribution < -0.4 is 15.0 Å². The van der Waals surface area contributed by atoms with Gasteiger partial charge in [0.15, 0.2) is 6.61 Å². The van der Waals surface area contributed by atoms with E-state index in [4.69, 9.17) is 21.1 Å². The number of hydrogen-bond acceptors (Lipinski definition) is 5. The number of aryl methyl sites for hydroxylation is 2. The number of halogens is 1. The maximum Gasteiger partial charge on any atom is 0.311 e. The molecule has 1 aliphatic rings. The van der Waals surface area contributed by atoms with E-state index in [9.17, 15) is 14.4 Å². The first-order valence-corrected chi connectivity index (χ1v) is 11.5. The van der Waals surface area contributed by atoms with E-state index in [0.717, 1.165) is 16.9 Å². The highest BCUT2D eigenvalue weighted by atomic mass is 35.5. The van der Waals surface area contributed by atoms with E-state index < -0.39 is 24.4 Å². The van der Waals surface area contributed by atoms with Crippen LogP contribution in [0.5, 0.6) is 11.5 Å². The number of carbonyl (C=O) groups is 3. The Balaban J connectivity index is 1.30. The molecular weight excluding hydrogens is 468 g/mol. The van der Waals surface area contributed by atoms with Crippen molar-refractivity contribution in [2.24, 2.45) is 5.92 Å². The van der Waals surface area contributed by atoms with Gasteiger partial charge in [0.25, 0.3) is 5.91 Å². The van der Waals surface area contributed by atoms with Crippen LogP contribution in [-0.4, -0.2) is 30.9 Å². The van der Waals surface area contributed by atoms with Crippen LogP contribution in [0.2, 0.25) is 5.02 Å². The van der Waals surface area contributed by atoms with Crippen LogP contribution in [0.15, 0.2) is 66.7 Å². The van der Waals surface area contributed by atoms with Crippen molar-refractivity contribution in [1.29, 1.82) is 0 Å². The van der Waals surface area contributed by atoms with Gasteiger partial charge in [0, 0.05) is 29.4 Å². The molecule has 1 heterocycles. The first-order chi connectivity index (χ1) is 16.8. The summed E-state index contributed by atoms with van der Waals surface area (Å²) in [6.07, 6.45) is 0.0233. The number of nitrogens with zero attached hydrogens (tertiary/aromatic N) is 1. The van der Waals surface area contributed by atoms with E-state index in [-0.39, 0.29) is 18.9 Å². The topological polar surface area (TPSA) is 84.9 Å². The molecule has 35 heavy (non-hydrogen) atoms. The van der Waals surface area contributed by atoms with Crippen molar-refractivity contribution >= 4 is 40.8 Å². The molecule has 8 heteroatoms. The predicted molar refractivity (Wildman–Crippen MR) is 134 cm³/mol. The molecule has 0 unspecified atom stereocenters. The van der Waals surface area contributed by atoms with Gasteiger partial charge in [-0.05, 0) is 67.9 Å². The standard InChI is InChI=1S/C27H25ClN2O5/c1-17-3-9-22(10-4-17)35-23-11-7-21(8-12-23)30-15-19(13-26(30)32)27(33)34-16-25(31)29-24-14-20(28)6-5-18(24)2/h3-12,14,19H,13,15-16H2,1-2H3,(H,29,31)/t19-/m1/s1. The van der Waals surface area contributed by atoms with Gasteiger partial charge in [0.2, 0.25) is 5.91 Å². The summed E-state index contributed by atoms with van der Waals surface area (Å²) in [6.45, 7) is 3.58. The van der Waals surface area contributed by atoms with Crippen LogP contribution in [-0.2, 0) is 19.1 Å². The Hall–Kier alpha value is -3.84. The molecule has 1 atom stereocenters. The number of benzene rings is 3. The predicted octanol–water partition coefficient (Wildman–Crippen LogP) is 5.28. The lowest BCUT2D eigenvalue weighted by Crippen LogP contribution is -2.28. The zero-order valence-corrected chi connectivity index (χ0v) is 20.2. The van der Waals surface area contributed by atoms with Crippen LogP contribution in [0, 0.1) is 19.8 Å². The summed E-state index contributed by atoms with van der Waals surface area (Å²) in [7, 11) is 0. The second-order valence-electron chi connectivity index (χ2n) is 8.43. The van der Waals surface area contributed by atoms with Crippen molar-refractivity contribution < 1.29 is 23.9 Å². The number of carbonyl (C=O) groups excluding carboxylic acids is 3. The van der Waals surface area contributed by atoms with E-state index in [0.29, 0.717) is 22.1 Å². The molecule has 7 nitrogen and oxygen atoms in total. The fourth-order valence-electron chi connectivity index (χ4n) is 3.72. The Morgan fingerprint density at radius 2 is 1.66 bits per heavy atom. The summed E-state index contributed by atoms with van der Waals surface area (Å²) in [4.78, 5) is 38.8. The summed E-state index contributed by atoms with van der Waals surface area (Å²) in [5, 5.41) is 3.16. The Morgan fingerprint density at radius 3 is 2.34 bits per heavy atom. The molecule has 3 aromatic carbocycles. The highest BCUT2D eigenvalue weighted by Crippen LogP contribution is 2.29. The lowest BCUT2D eigenvalue weighted by molar-refractivity contribution is -0.151. The molecule has 2 amide bonds. The molecule has 0 aromatic heterocycles. The van der Waals surface area contributed by atoms with Gasteiger partial charge in [-0.3, -0.25) is 14.4 Å². The lowest BCUT2D eigenvalue weighted by atomic mass is 10.1. The highest BCUT2D eigenvalue weighted by molar-refractivity contribution is 6.31. The normalized spacial score (nSPS) is 15.1. The zero-order chi connectivity index (χ0) is 24.9. The first kappa shape index (κ1) is 24.3. The molecule has 180 valence electrons. The van der Waals surface area contributed by atoms with Gasteiger partial charge in [-0.25, -0.2) is 0 Å². The Bertz CT molecular complexity index is 1240. The number of nitrogens with one attached hydrogen (secondary N) is 1. The number of anilines is 2. The quantitative estimate of drug-likeness (QED) is 0.453. The highest BCUT2D eigenvalue weighted by Gasteiger charge is 2.36. The Morgan fingerprint density at radius 1 is 1.00 bits per heavy atom. The van der Waals surface area contributed by atoms with Gasteiger partial charge >= 0.3 is 5.97 Å². The van der Waals surface area contributed by atoms with Crippen LogP contribution in [0.3, 0.4) is 0 Å². The molecule has 3 aromatic rings. The molecule has 0 saturated carbocycles. The second-order valence-corrected chi connectivity index (χ2v) is 8.87. The molecule has 1 fully saturated rings. The number of ether oxygens (including phenoxy) is 2. The van der Waals surface area contributed by atoms with E-state index in [1.165, 1.54) is 4.90 Å². The SMILES string of the molecule is Cc1ccc(Oc2ccc(N3C[C@H](C(=O)OCC(=O)Nc4cc(Cl)ccc4C)CC3=O)cc2)cc1. The molecule has 1 saturated heterocycles. The van der Waals surface area contributed by atoms with Crippen LogP contribution in [0.4, 0.5) is 11.4 Å². The van der Waals surface area contributed by atoms with E-state index in [1.54, 1.807) is 42.5 Å². The molecule has 0 radical (unpaired) electrons. The number of amides is 2. The average molecular weight is 493 g/mol. The van der Waals surface area contributed by atoms with Gasteiger partial charge in [-0.1, -0.05) is 35.4 Å². The number of esters is 1. The molecule has 0 bridgehead atoms. The van der Waals surface area contributed by atoms with Gasteiger partial charge in [0.05, 0.1) is 5.92 Å². The summed E-state index contributed by atoms with van der Waals surface area (Å²) in [5.41, 5.74) is 3.19. The van der Waals surface area contributed by atoms with Crippen molar-refractivity contribution in [3.05, 3.63) is 82.9 Å². The van der Waals surface area contributed by atoms with Crippen molar-refractivity contribution in [3.63, 3.8) is 0 Å². The smallest absolute Gasteiger partial charge is 0.311 e. The minimum Gasteiger partial charge on any atom is -0.457 e. The fraction of sp³-hybridized carbons (Fsp3) is 0.222. The van der Waals surface area contributed by atoms with E-state index in [2.05, 4.69) is 5.32 Å². The number of rotatable bonds is 7. The summed E-state index contributed by atoms with van der Waals surface area (Å²) >= 11 is 5.96. The third kappa shape index (κ3) is 6.19. The van der Waals surface area contributed by atoms with Crippen LogP contribution >= 0.6 is 11.6 Å². The first-order valence-electron chi connectivity index (χ1n) is 11.2. The fourth-order valence-corrected chi connectivity index (χ4v) is 3.89. The Kier molecular flexibility index (Phi) is 7.36. The van der Waals surface area contributed by atoms with Crippen molar-refractivity contribution in [3.8, 4) is 11.5 Å². The van der Waals surface area contributed by atoms with Gasteiger partial charge in [0.1, 0.15) is 11.5 Å². The van der Waals surface area contributed by atoms with E-state index >= 15 is 0 Å².